The number of hydrogen-bond acceptors (Lipinski definition) is 3. The van der Waals surface area contributed by atoms with E-state index in [9.17, 15) is 12.8 Å². The first-order valence-corrected chi connectivity index (χ1v) is 8.66. The highest BCUT2D eigenvalue weighted by Crippen LogP contribution is 2.27. The molecule has 2 rings (SSSR count). The number of sulfonamides is 1. The molecule has 0 aliphatic rings. The van der Waals surface area contributed by atoms with Crippen LogP contribution in [0.2, 0.25) is 0 Å². The van der Waals surface area contributed by atoms with Gasteiger partial charge < -0.3 is 4.57 Å². The highest BCUT2D eigenvalue weighted by Gasteiger charge is 2.23. The van der Waals surface area contributed by atoms with Crippen LogP contribution < -0.4 is 0 Å². The molecule has 0 aliphatic heterocycles. The molecule has 0 fully saturated rings. The fraction of sp³-hybridized carbons (Fsp3) is 0.312. The molecule has 0 radical (unpaired) electrons. The van der Waals surface area contributed by atoms with Crippen LogP contribution >= 0.6 is 0 Å². The lowest BCUT2D eigenvalue weighted by molar-refractivity contribution is 0.444. The van der Waals surface area contributed by atoms with Crippen LogP contribution in [0.15, 0.2) is 35.2 Å². The van der Waals surface area contributed by atoms with Crippen molar-refractivity contribution in [2.24, 2.45) is 7.05 Å². The zero-order valence-electron chi connectivity index (χ0n) is 13.2. The SMILES string of the molecule is CCN(CC)S(=O)(=O)c1ccc(-c2ccc(C#N)n2C)c(F)c1. The third-order valence-corrected chi connectivity index (χ3v) is 5.84. The summed E-state index contributed by atoms with van der Waals surface area (Å²) in [6.45, 7) is 4.12. The van der Waals surface area contributed by atoms with Gasteiger partial charge in [-0.25, -0.2) is 12.8 Å². The molecule has 2 aromatic rings. The van der Waals surface area contributed by atoms with Gasteiger partial charge in [-0.15, -0.1) is 0 Å². The first-order valence-electron chi connectivity index (χ1n) is 7.22. The summed E-state index contributed by atoms with van der Waals surface area (Å²) in [6.07, 6.45) is 0. The molecule has 5 nitrogen and oxygen atoms in total. The zero-order chi connectivity index (χ0) is 17.2. The Morgan fingerprint density at radius 3 is 2.35 bits per heavy atom. The van der Waals surface area contributed by atoms with Gasteiger partial charge in [-0.1, -0.05) is 13.8 Å². The van der Waals surface area contributed by atoms with Crippen LogP contribution in [0.1, 0.15) is 19.5 Å². The smallest absolute Gasteiger partial charge is 0.243 e. The van der Waals surface area contributed by atoms with Gasteiger partial charge in [0, 0.05) is 25.7 Å². The van der Waals surface area contributed by atoms with Crippen LogP contribution in [0.3, 0.4) is 0 Å². The van der Waals surface area contributed by atoms with E-state index in [4.69, 9.17) is 5.26 Å². The van der Waals surface area contributed by atoms with Gasteiger partial charge in [0.2, 0.25) is 10.0 Å². The number of halogens is 1. The number of hydrogen-bond donors (Lipinski definition) is 0. The first kappa shape index (κ1) is 17.2. The summed E-state index contributed by atoms with van der Waals surface area (Å²) in [6, 6.07) is 9.09. The number of benzene rings is 1. The van der Waals surface area contributed by atoms with Crippen LogP contribution in [0, 0.1) is 17.1 Å². The van der Waals surface area contributed by atoms with E-state index in [1.807, 2.05) is 6.07 Å². The van der Waals surface area contributed by atoms with Gasteiger partial charge >= 0.3 is 0 Å². The quantitative estimate of drug-likeness (QED) is 0.844. The lowest BCUT2D eigenvalue weighted by Crippen LogP contribution is -2.30. The molecule has 0 amide bonds. The van der Waals surface area contributed by atoms with E-state index < -0.39 is 15.8 Å². The second-order valence-electron chi connectivity index (χ2n) is 5.01. The molecule has 0 bridgehead atoms. The fourth-order valence-electron chi connectivity index (χ4n) is 2.47. The van der Waals surface area contributed by atoms with E-state index in [1.54, 1.807) is 37.6 Å². The van der Waals surface area contributed by atoms with Gasteiger partial charge in [0.15, 0.2) is 0 Å². The standard InChI is InChI=1S/C16H18FN3O2S/c1-4-20(5-2)23(21,22)13-7-8-14(15(17)10-13)16-9-6-12(11-18)19(16)3/h6-10H,4-5H2,1-3H3. The third-order valence-electron chi connectivity index (χ3n) is 3.80. The van der Waals surface area contributed by atoms with Gasteiger partial charge in [0.25, 0.3) is 0 Å². The van der Waals surface area contributed by atoms with E-state index in [1.165, 1.54) is 16.4 Å². The van der Waals surface area contributed by atoms with Crippen molar-refractivity contribution >= 4 is 10.0 Å². The van der Waals surface area contributed by atoms with Crippen LogP contribution in [-0.4, -0.2) is 30.4 Å². The zero-order valence-corrected chi connectivity index (χ0v) is 14.1. The average Bonchev–Trinajstić information content (AvgIpc) is 2.89. The van der Waals surface area contributed by atoms with E-state index >= 15 is 0 Å². The van der Waals surface area contributed by atoms with Crippen molar-refractivity contribution in [2.45, 2.75) is 18.7 Å². The second kappa shape index (κ2) is 6.52. The first-order chi connectivity index (χ1) is 10.9. The van der Waals surface area contributed by atoms with Gasteiger partial charge in [-0.05, 0) is 30.3 Å². The third kappa shape index (κ3) is 3.00. The molecule has 122 valence electrons. The molecule has 0 unspecified atom stereocenters. The van der Waals surface area contributed by atoms with Crippen molar-refractivity contribution in [1.82, 2.24) is 8.87 Å². The largest absolute Gasteiger partial charge is 0.335 e. The van der Waals surface area contributed by atoms with Crippen LogP contribution in [0.5, 0.6) is 0 Å². The molecule has 0 saturated heterocycles. The number of nitrogens with zero attached hydrogens (tertiary/aromatic N) is 3. The minimum absolute atomic E-state index is 0.0721. The number of rotatable bonds is 5. The minimum Gasteiger partial charge on any atom is -0.335 e. The molecule has 1 aromatic carbocycles. The summed E-state index contributed by atoms with van der Waals surface area (Å²) in [7, 11) is -2.04. The number of aromatic nitrogens is 1. The average molecular weight is 335 g/mol. The molecule has 0 atom stereocenters. The molecule has 0 spiro atoms. The predicted octanol–water partition coefficient (Wildman–Crippen LogP) is 2.73. The van der Waals surface area contributed by atoms with Crippen molar-refractivity contribution in [3.05, 3.63) is 41.8 Å². The highest BCUT2D eigenvalue weighted by molar-refractivity contribution is 7.89. The Kier molecular flexibility index (Phi) is 4.88. The Morgan fingerprint density at radius 2 is 1.87 bits per heavy atom. The molecular formula is C16H18FN3O2S. The van der Waals surface area contributed by atoms with E-state index in [2.05, 4.69) is 0 Å². The van der Waals surface area contributed by atoms with Crippen molar-refractivity contribution < 1.29 is 12.8 Å². The monoisotopic (exact) mass is 335 g/mol. The Balaban J connectivity index is 2.50. The van der Waals surface area contributed by atoms with Crippen molar-refractivity contribution in [3.63, 3.8) is 0 Å². The second-order valence-corrected chi connectivity index (χ2v) is 6.94. The van der Waals surface area contributed by atoms with E-state index in [0.29, 0.717) is 24.5 Å². The summed E-state index contributed by atoms with van der Waals surface area (Å²) < 4.78 is 42.1. The van der Waals surface area contributed by atoms with Crippen molar-refractivity contribution in [3.8, 4) is 17.3 Å². The maximum Gasteiger partial charge on any atom is 0.243 e. The summed E-state index contributed by atoms with van der Waals surface area (Å²) in [5.74, 6) is -0.635. The van der Waals surface area contributed by atoms with Crippen molar-refractivity contribution in [2.75, 3.05) is 13.1 Å². The Bertz CT molecular complexity index is 862. The molecule has 0 aliphatic carbocycles. The highest BCUT2D eigenvalue weighted by atomic mass is 32.2. The van der Waals surface area contributed by atoms with E-state index in [0.717, 1.165) is 6.07 Å². The topological polar surface area (TPSA) is 66.1 Å². The Labute approximate surface area is 135 Å². The predicted molar refractivity (Wildman–Crippen MR) is 85.6 cm³/mol. The molecular weight excluding hydrogens is 317 g/mol. The molecule has 1 heterocycles. The summed E-state index contributed by atoms with van der Waals surface area (Å²) in [5, 5.41) is 8.96. The molecule has 1 aromatic heterocycles. The molecule has 0 N–H and O–H groups in total. The fourth-order valence-corrected chi connectivity index (χ4v) is 3.94. The van der Waals surface area contributed by atoms with Gasteiger partial charge in [0.1, 0.15) is 17.6 Å². The number of nitriles is 1. The van der Waals surface area contributed by atoms with Crippen molar-refractivity contribution in [1.29, 1.82) is 5.26 Å². The lowest BCUT2D eigenvalue weighted by atomic mass is 10.1. The minimum atomic E-state index is -3.70. The maximum atomic E-state index is 14.5. The van der Waals surface area contributed by atoms with Crippen LogP contribution in [0.25, 0.3) is 11.3 Å². The molecule has 0 saturated carbocycles. The van der Waals surface area contributed by atoms with Gasteiger partial charge in [-0.2, -0.15) is 9.57 Å². The van der Waals surface area contributed by atoms with Crippen LogP contribution in [-0.2, 0) is 17.1 Å². The normalized spacial score (nSPS) is 11.7. The summed E-state index contributed by atoms with van der Waals surface area (Å²) in [5.41, 5.74) is 1.18. The summed E-state index contributed by atoms with van der Waals surface area (Å²) >= 11 is 0. The van der Waals surface area contributed by atoms with E-state index in [-0.39, 0.29) is 10.5 Å². The summed E-state index contributed by atoms with van der Waals surface area (Å²) in [4.78, 5) is -0.0721. The van der Waals surface area contributed by atoms with Gasteiger partial charge in [0.05, 0.1) is 10.6 Å². The van der Waals surface area contributed by atoms with Gasteiger partial charge in [-0.3, -0.25) is 0 Å². The Morgan fingerprint density at radius 1 is 1.22 bits per heavy atom. The Hall–Kier alpha value is -2.17. The maximum absolute atomic E-state index is 14.5. The lowest BCUT2D eigenvalue weighted by Gasteiger charge is -2.18. The molecule has 23 heavy (non-hydrogen) atoms. The molecule has 7 heteroatoms. The van der Waals surface area contributed by atoms with Crippen LogP contribution in [0.4, 0.5) is 4.39 Å².